The molecule has 2 aromatic rings. The Balaban J connectivity index is 1.50. The highest BCUT2D eigenvalue weighted by molar-refractivity contribution is 6.33. The number of benzene rings is 2. The Morgan fingerprint density at radius 2 is 1.48 bits per heavy atom. The van der Waals surface area contributed by atoms with E-state index in [2.05, 4.69) is 0 Å². The van der Waals surface area contributed by atoms with Gasteiger partial charge in [-0.1, -0.05) is 41.9 Å². The molecule has 0 N–H and O–H groups in total. The summed E-state index contributed by atoms with van der Waals surface area (Å²) in [5.74, 6) is 0.496. The minimum atomic E-state index is -0.0989. The number of rotatable bonds is 4. The van der Waals surface area contributed by atoms with E-state index in [4.69, 9.17) is 16.3 Å². The maximum Gasteiger partial charge on any atom is 0.260 e. The van der Waals surface area contributed by atoms with Gasteiger partial charge in [-0.2, -0.15) is 0 Å². The van der Waals surface area contributed by atoms with E-state index in [0.29, 0.717) is 42.5 Å². The van der Waals surface area contributed by atoms with E-state index in [-0.39, 0.29) is 18.4 Å². The van der Waals surface area contributed by atoms with E-state index in [1.54, 1.807) is 34.1 Å². The molecule has 0 aliphatic carbocycles. The fourth-order valence-corrected chi connectivity index (χ4v) is 2.93. The van der Waals surface area contributed by atoms with E-state index >= 15 is 0 Å². The van der Waals surface area contributed by atoms with Crippen molar-refractivity contribution in [3.8, 4) is 5.75 Å². The van der Waals surface area contributed by atoms with Gasteiger partial charge in [0.2, 0.25) is 0 Å². The quantitative estimate of drug-likeness (QED) is 0.844. The summed E-state index contributed by atoms with van der Waals surface area (Å²) in [6.45, 7) is 1.96. The van der Waals surface area contributed by atoms with Gasteiger partial charge >= 0.3 is 0 Å². The summed E-state index contributed by atoms with van der Waals surface area (Å²) in [6, 6.07) is 16.2. The summed E-state index contributed by atoms with van der Waals surface area (Å²) in [5.41, 5.74) is 0.497. The van der Waals surface area contributed by atoms with Gasteiger partial charge in [-0.25, -0.2) is 0 Å². The number of ether oxygens (including phenoxy) is 1. The molecular weight excluding hydrogens is 340 g/mol. The summed E-state index contributed by atoms with van der Waals surface area (Å²) in [4.78, 5) is 28.2. The highest BCUT2D eigenvalue weighted by Gasteiger charge is 2.25. The third-order valence-corrected chi connectivity index (χ3v) is 4.46. The first kappa shape index (κ1) is 17.3. The maximum absolute atomic E-state index is 12.5. The van der Waals surface area contributed by atoms with Crippen LogP contribution >= 0.6 is 11.6 Å². The van der Waals surface area contributed by atoms with Gasteiger partial charge in [0.15, 0.2) is 6.61 Å². The van der Waals surface area contributed by atoms with Crippen LogP contribution in [0.3, 0.4) is 0 Å². The first-order chi connectivity index (χ1) is 12.1. The molecular formula is C19H19ClN2O3. The van der Waals surface area contributed by atoms with Crippen LogP contribution in [0.5, 0.6) is 5.75 Å². The predicted octanol–water partition coefficient (Wildman–Crippen LogP) is 2.70. The van der Waals surface area contributed by atoms with E-state index in [0.717, 1.165) is 0 Å². The molecule has 0 spiro atoms. The number of carbonyl (C=O) groups is 2. The van der Waals surface area contributed by atoms with Crippen LogP contribution in [0.2, 0.25) is 5.02 Å². The number of hydrogen-bond donors (Lipinski definition) is 0. The second-order valence-electron chi connectivity index (χ2n) is 5.75. The fraction of sp³-hybridized carbons (Fsp3) is 0.263. The predicted molar refractivity (Wildman–Crippen MR) is 95.9 cm³/mol. The van der Waals surface area contributed by atoms with Gasteiger partial charge in [0.1, 0.15) is 5.75 Å². The first-order valence-corrected chi connectivity index (χ1v) is 8.52. The molecule has 0 bridgehead atoms. The van der Waals surface area contributed by atoms with Crippen LogP contribution in [0.15, 0.2) is 54.6 Å². The second-order valence-corrected chi connectivity index (χ2v) is 6.16. The number of amides is 2. The molecule has 0 radical (unpaired) electrons. The van der Waals surface area contributed by atoms with Crippen molar-refractivity contribution in [2.75, 3.05) is 32.8 Å². The molecule has 6 heteroatoms. The average Bonchev–Trinajstić information content (AvgIpc) is 2.67. The molecule has 2 aromatic carbocycles. The summed E-state index contributed by atoms with van der Waals surface area (Å²) in [5, 5.41) is 0.447. The van der Waals surface area contributed by atoms with E-state index in [1.165, 1.54) is 0 Å². The van der Waals surface area contributed by atoms with Crippen LogP contribution in [0.25, 0.3) is 0 Å². The fourth-order valence-electron chi connectivity index (χ4n) is 2.72. The molecule has 1 heterocycles. The van der Waals surface area contributed by atoms with Crippen molar-refractivity contribution in [1.29, 1.82) is 0 Å². The monoisotopic (exact) mass is 358 g/mol. The lowest BCUT2D eigenvalue weighted by Gasteiger charge is -2.34. The maximum atomic E-state index is 12.5. The van der Waals surface area contributed by atoms with Crippen LogP contribution in [0, 0.1) is 0 Å². The number of piperazine rings is 1. The Labute approximate surface area is 151 Å². The number of para-hydroxylation sites is 1. The Morgan fingerprint density at radius 3 is 2.16 bits per heavy atom. The molecule has 5 nitrogen and oxygen atoms in total. The van der Waals surface area contributed by atoms with Crippen molar-refractivity contribution in [1.82, 2.24) is 9.80 Å². The minimum absolute atomic E-state index is 0.00245. The van der Waals surface area contributed by atoms with Gasteiger partial charge in [0, 0.05) is 26.2 Å². The zero-order valence-electron chi connectivity index (χ0n) is 13.7. The molecule has 1 fully saturated rings. The largest absolute Gasteiger partial charge is 0.484 e. The van der Waals surface area contributed by atoms with E-state index < -0.39 is 0 Å². The molecule has 0 aromatic heterocycles. The van der Waals surface area contributed by atoms with E-state index in [1.807, 2.05) is 30.3 Å². The van der Waals surface area contributed by atoms with Crippen molar-refractivity contribution in [3.63, 3.8) is 0 Å². The Bertz CT molecular complexity index is 743. The average molecular weight is 359 g/mol. The highest BCUT2D eigenvalue weighted by Crippen LogP contribution is 2.18. The Morgan fingerprint density at radius 1 is 0.880 bits per heavy atom. The smallest absolute Gasteiger partial charge is 0.260 e. The molecule has 3 rings (SSSR count). The van der Waals surface area contributed by atoms with Crippen LogP contribution in [-0.4, -0.2) is 54.4 Å². The van der Waals surface area contributed by atoms with Crippen molar-refractivity contribution < 1.29 is 14.3 Å². The Hall–Kier alpha value is -2.53. The summed E-state index contributed by atoms with van der Waals surface area (Å²) in [6.07, 6.45) is 0. The summed E-state index contributed by atoms with van der Waals surface area (Å²) >= 11 is 6.09. The molecule has 1 aliphatic heterocycles. The normalized spacial score (nSPS) is 14.3. The van der Waals surface area contributed by atoms with Crippen molar-refractivity contribution in [3.05, 3.63) is 65.2 Å². The number of hydrogen-bond acceptors (Lipinski definition) is 3. The standard InChI is InChI=1S/C19H19ClN2O3/c20-17-9-5-4-8-16(17)19(24)22-12-10-21(11-13-22)18(23)14-25-15-6-2-1-3-7-15/h1-9H,10-14H2. The molecule has 0 unspecified atom stereocenters. The lowest BCUT2D eigenvalue weighted by atomic mass is 10.2. The van der Waals surface area contributed by atoms with E-state index in [9.17, 15) is 9.59 Å². The van der Waals surface area contributed by atoms with Gasteiger partial charge in [-0.3, -0.25) is 9.59 Å². The third-order valence-electron chi connectivity index (χ3n) is 4.13. The van der Waals surface area contributed by atoms with Gasteiger partial charge < -0.3 is 14.5 Å². The molecule has 2 amide bonds. The zero-order valence-corrected chi connectivity index (χ0v) is 14.5. The van der Waals surface area contributed by atoms with Crippen LogP contribution in [0.1, 0.15) is 10.4 Å². The molecule has 1 aliphatic rings. The minimum Gasteiger partial charge on any atom is -0.484 e. The second kappa shape index (κ2) is 8.03. The van der Waals surface area contributed by atoms with Crippen molar-refractivity contribution in [2.24, 2.45) is 0 Å². The number of carbonyl (C=O) groups excluding carboxylic acids is 2. The van der Waals surface area contributed by atoms with Crippen molar-refractivity contribution >= 4 is 23.4 Å². The number of halogens is 1. The molecule has 1 saturated heterocycles. The van der Waals surface area contributed by atoms with Crippen LogP contribution < -0.4 is 4.74 Å². The van der Waals surface area contributed by atoms with Crippen molar-refractivity contribution in [2.45, 2.75) is 0 Å². The van der Waals surface area contributed by atoms with Gasteiger partial charge in [0.25, 0.3) is 11.8 Å². The third kappa shape index (κ3) is 4.31. The van der Waals surface area contributed by atoms with Crippen LogP contribution in [0.4, 0.5) is 0 Å². The summed E-state index contributed by atoms with van der Waals surface area (Å²) in [7, 11) is 0. The topological polar surface area (TPSA) is 49.9 Å². The lowest BCUT2D eigenvalue weighted by Crippen LogP contribution is -2.51. The molecule has 0 atom stereocenters. The highest BCUT2D eigenvalue weighted by atomic mass is 35.5. The first-order valence-electron chi connectivity index (χ1n) is 8.14. The van der Waals surface area contributed by atoms with Gasteiger partial charge in [-0.15, -0.1) is 0 Å². The lowest BCUT2D eigenvalue weighted by molar-refractivity contribution is -0.134. The molecule has 130 valence electrons. The molecule has 0 saturated carbocycles. The Kier molecular flexibility index (Phi) is 5.56. The SMILES string of the molecule is O=C(COc1ccccc1)N1CCN(C(=O)c2ccccc2Cl)CC1. The van der Waals surface area contributed by atoms with Gasteiger partial charge in [-0.05, 0) is 24.3 Å². The number of nitrogens with zero attached hydrogens (tertiary/aromatic N) is 2. The zero-order chi connectivity index (χ0) is 17.6. The van der Waals surface area contributed by atoms with Gasteiger partial charge in [0.05, 0.1) is 10.6 Å². The molecule has 25 heavy (non-hydrogen) atoms. The van der Waals surface area contributed by atoms with Crippen LogP contribution in [-0.2, 0) is 4.79 Å². The summed E-state index contributed by atoms with van der Waals surface area (Å²) < 4.78 is 5.49.